The summed E-state index contributed by atoms with van der Waals surface area (Å²) in [7, 11) is 3.65. The zero-order chi connectivity index (χ0) is 13.7. The van der Waals surface area contributed by atoms with Crippen LogP contribution >= 0.6 is 27.7 Å². The third kappa shape index (κ3) is 3.75. The molecule has 0 aromatic heterocycles. The first-order valence-corrected chi connectivity index (χ1v) is 7.59. The van der Waals surface area contributed by atoms with Crippen LogP contribution in [-0.4, -0.2) is 14.2 Å². The number of para-hydroxylation sites is 1. The summed E-state index contributed by atoms with van der Waals surface area (Å²) in [5.41, 5.74) is 1.26. The molecule has 2 rings (SSSR count). The Labute approximate surface area is 126 Å². The van der Waals surface area contributed by atoms with Crippen LogP contribution in [0, 0.1) is 0 Å². The summed E-state index contributed by atoms with van der Waals surface area (Å²) in [6.07, 6.45) is 0. The van der Waals surface area contributed by atoms with Crippen molar-refractivity contribution in [3.05, 3.63) is 52.5 Å². The molecule has 0 aliphatic rings. The normalized spacial score (nSPS) is 10.5. The van der Waals surface area contributed by atoms with Crippen molar-refractivity contribution < 1.29 is 4.74 Å². The monoisotopic (exact) mass is 337 g/mol. The van der Waals surface area contributed by atoms with Crippen molar-refractivity contribution in [1.29, 1.82) is 0 Å². The molecule has 0 radical (unpaired) electrons. The van der Waals surface area contributed by atoms with Gasteiger partial charge in [-0.25, -0.2) is 0 Å². The molecule has 0 unspecified atom stereocenters. The number of rotatable bonds is 5. The van der Waals surface area contributed by atoms with Crippen LogP contribution in [0.4, 0.5) is 0 Å². The number of hydrogen-bond donors (Lipinski definition) is 1. The van der Waals surface area contributed by atoms with Gasteiger partial charge >= 0.3 is 0 Å². The standard InChI is InChI=1S/C15H16BrNOS/c1-17-10-11-7-8-12(9-13(11)16)19-15-6-4-3-5-14(15)18-2/h3-9,17H,10H2,1-2H3. The lowest BCUT2D eigenvalue weighted by atomic mass is 10.2. The van der Waals surface area contributed by atoms with Gasteiger partial charge in [-0.2, -0.15) is 0 Å². The maximum absolute atomic E-state index is 5.37. The average molecular weight is 338 g/mol. The van der Waals surface area contributed by atoms with E-state index in [0.29, 0.717) is 0 Å². The highest BCUT2D eigenvalue weighted by atomic mass is 79.9. The minimum absolute atomic E-state index is 0.861. The van der Waals surface area contributed by atoms with Crippen molar-refractivity contribution in [3.8, 4) is 5.75 Å². The molecule has 2 aromatic carbocycles. The summed E-state index contributed by atoms with van der Waals surface area (Å²) in [6.45, 7) is 0.861. The number of benzene rings is 2. The van der Waals surface area contributed by atoms with Crippen molar-refractivity contribution in [2.45, 2.75) is 16.3 Å². The van der Waals surface area contributed by atoms with Crippen LogP contribution in [0.5, 0.6) is 5.75 Å². The second-order valence-corrected chi connectivity index (χ2v) is 6.01. The van der Waals surface area contributed by atoms with E-state index in [-0.39, 0.29) is 0 Å². The molecule has 0 aliphatic carbocycles. The maximum atomic E-state index is 5.37. The summed E-state index contributed by atoms with van der Waals surface area (Å²) >= 11 is 5.32. The molecular formula is C15H16BrNOS. The molecule has 19 heavy (non-hydrogen) atoms. The Hall–Kier alpha value is -0.970. The molecular weight excluding hydrogens is 322 g/mol. The molecule has 0 amide bonds. The average Bonchev–Trinajstić information content (AvgIpc) is 2.43. The van der Waals surface area contributed by atoms with Crippen molar-refractivity contribution >= 4 is 27.7 Å². The Morgan fingerprint density at radius 1 is 1.21 bits per heavy atom. The molecule has 0 spiro atoms. The Morgan fingerprint density at radius 3 is 2.68 bits per heavy atom. The van der Waals surface area contributed by atoms with E-state index in [1.807, 2.05) is 25.2 Å². The summed E-state index contributed by atoms with van der Waals surface area (Å²) in [5.74, 6) is 0.905. The van der Waals surface area contributed by atoms with Crippen LogP contribution in [0.1, 0.15) is 5.56 Å². The third-order valence-corrected chi connectivity index (χ3v) is 4.47. The minimum atomic E-state index is 0.861. The summed E-state index contributed by atoms with van der Waals surface area (Å²) in [6, 6.07) is 14.5. The number of halogens is 1. The molecule has 1 N–H and O–H groups in total. The molecule has 0 heterocycles. The highest BCUT2D eigenvalue weighted by molar-refractivity contribution is 9.10. The van der Waals surface area contributed by atoms with Gasteiger partial charge in [0.2, 0.25) is 0 Å². The van der Waals surface area contributed by atoms with E-state index in [4.69, 9.17) is 4.74 Å². The van der Waals surface area contributed by atoms with E-state index in [1.54, 1.807) is 18.9 Å². The molecule has 0 bridgehead atoms. The second kappa shape index (κ2) is 6.98. The number of nitrogens with one attached hydrogen (secondary N) is 1. The lowest BCUT2D eigenvalue weighted by Crippen LogP contribution is -2.05. The number of methoxy groups -OCH3 is 1. The largest absolute Gasteiger partial charge is 0.496 e. The molecule has 100 valence electrons. The van der Waals surface area contributed by atoms with E-state index in [9.17, 15) is 0 Å². The van der Waals surface area contributed by atoms with Crippen molar-refractivity contribution in [2.75, 3.05) is 14.2 Å². The fourth-order valence-corrected chi connectivity index (χ4v) is 3.39. The molecule has 0 saturated heterocycles. The predicted molar refractivity (Wildman–Crippen MR) is 84.0 cm³/mol. The van der Waals surface area contributed by atoms with E-state index < -0.39 is 0 Å². The first-order valence-electron chi connectivity index (χ1n) is 5.98. The molecule has 2 nitrogen and oxygen atoms in total. The molecule has 2 aromatic rings. The third-order valence-electron chi connectivity index (χ3n) is 2.69. The summed E-state index contributed by atoms with van der Waals surface area (Å²) in [5, 5.41) is 3.16. The molecule has 0 saturated carbocycles. The van der Waals surface area contributed by atoms with Crippen LogP contribution in [0.2, 0.25) is 0 Å². The van der Waals surface area contributed by atoms with Crippen LogP contribution in [0.15, 0.2) is 56.7 Å². The van der Waals surface area contributed by atoms with Gasteiger partial charge in [-0.15, -0.1) is 0 Å². The van der Waals surface area contributed by atoms with Crippen molar-refractivity contribution in [3.63, 3.8) is 0 Å². The fraction of sp³-hybridized carbons (Fsp3) is 0.200. The lowest BCUT2D eigenvalue weighted by Gasteiger charge is -2.09. The Morgan fingerprint density at radius 2 is 2.00 bits per heavy atom. The molecule has 0 aliphatic heterocycles. The minimum Gasteiger partial charge on any atom is -0.496 e. The van der Waals surface area contributed by atoms with Crippen molar-refractivity contribution in [2.24, 2.45) is 0 Å². The SMILES string of the molecule is CNCc1ccc(Sc2ccccc2OC)cc1Br. The first kappa shape index (κ1) is 14.4. The Balaban J connectivity index is 2.21. The van der Waals surface area contributed by atoms with E-state index in [0.717, 1.165) is 21.7 Å². The van der Waals surface area contributed by atoms with Gasteiger partial charge in [-0.1, -0.05) is 45.9 Å². The van der Waals surface area contributed by atoms with Gasteiger partial charge in [0.05, 0.1) is 12.0 Å². The summed E-state index contributed by atoms with van der Waals surface area (Å²) < 4.78 is 6.49. The topological polar surface area (TPSA) is 21.3 Å². The molecule has 0 fully saturated rings. The fourth-order valence-electron chi connectivity index (χ4n) is 1.76. The summed E-state index contributed by atoms with van der Waals surface area (Å²) in [4.78, 5) is 2.31. The number of ether oxygens (including phenoxy) is 1. The second-order valence-electron chi connectivity index (χ2n) is 4.04. The van der Waals surface area contributed by atoms with Crippen LogP contribution in [0.25, 0.3) is 0 Å². The van der Waals surface area contributed by atoms with Gasteiger partial charge in [-0.05, 0) is 36.9 Å². The maximum Gasteiger partial charge on any atom is 0.132 e. The highest BCUT2D eigenvalue weighted by Crippen LogP contribution is 2.36. The zero-order valence-electron chi connectivity index (χ0n) is 10.9. The van der Waals surface area contributed by atoms with Crippen molar-refractivity contribution in [1.82, 2.24) is 5.32 Å². The van der Waals surface area contributed by atoms with E-state index in [1.165, 1.54) is 10.5 Å². The van der Waals surface area contributed by atoms with Gasteiger partial charge in [0.25, 0.3) is 0 Å². The van der Waals surface area contributed by atoms with Gasteiger partial charge < -0.3 is 10.1 Å². The van der Waals surface area contributed by atoms with E-state index >= 15 is 0 Å². The predicted octanol–water partition coefficient (Wildman–Crippen LogP) is 4.33. The number of hydrogen-bond acceptors (Lipinski definition) is 3. The van der Waals surface area contributed by atoms with Crippen LogP contribution in [0.3, 0.4) is 0 Å². The zero-order valence-corrected chi connectivity index (χ0v) is 13.3. The Kier molecular flexibility index (Phi) is 5.31. The molecule has 0 atom stereocenters. The smallest absolute Gasteiger partial charge is 0.132 e. The van der Waals surface area contributed by atoms with Gasteiger partial charge in [0, 0.05) is 15.9 Å². The van der Waals surface area contributed by atoms with Gasteiger partial charge in [0.15, 0.2) is 0 Å². The van der Waals surface area contributed by atoms with Gasteiger partial charge in [0.1, 0.15) is 5.75 Å². The molecule has 4 heteroatoms. The van der Waals surface area contributed by atoms with Crippen LogP contribution in [-0.2, 0) is 6.54 Å². The lowest BCUT2D eigenvalue weighted by molar-refractivity contribution is 0.405. The Bertz CT molecular complexity index is 560. The van der Waals surface area contributed by atoms with Gasteiger partial charge in [-0.3, -0.25) is 0 Å². The highest BCUT2D eigenvalue weighted by Gasteiger charge is 2.06. The first-order chi connectivity index (χ1) is 9.24. The quantitative estimate of drug-likeness (QED) is 0.877. The van der Waals surface area contributed by atoms with E-state index in [2.05, 4.69) is 45.5 Å². The van der Waals surface area contributed by atoms with Crippen LogP contribution < -0.4 is 10.1 Å².